The topological polar surface area (TPSA) is 26.3 Å². The highest BCUT2D eigenvalue weighted by molar-refractivity contribution is 5.97. The molecule has 0 aliphatic rings. The highest BCUT2D eigenvalue weighted by atomic mass is 19.1. The zero-order valence-corrected chi connectivity index (χ0v) is 10.0. The van der Waals surface area contributed by atoms with E-state index in [2.05, 4.69) is 0 Å². The molecule has 2 rings (SSSR count). The van der Waals surface area contributed by atoms with Crippen molar-refractivity contribution < 1.29 is 13.9 Å². The molecule has 18 heavy (non-hydrogen) atoms. The van der Waals surface area contributed by atoms with Gasteiger partial charge in [0.1, 0.15) is 11.6 Å². The summed E-state index contributed by atoms with van der Waals surface area (Å²) in [5.41, 5.74) is 1.29. The van der Waals surface area contributed by atoms with Gasteiger partial charge in [0.25, 0.3) is 0 Å². The number of halogens is 1. The van der Waals surface area contributed by atoms with E-state index >= 15 is 0 Å². The van der Waals surface area contributed by atoms with E-state index in [-0.39, 0.29) is 12.4 Å². The van der Waals surface area contributed by atoms with Gasteiger partial charge < -0.3 is 4.74 Å². The van der Waals surface area contributed by atoms with Gasteiger partial charge in [0.2, 0.25) is 0 Å². The van der Waals surface area contributed by atoms with Crippen molar-refractivity contribution >= 4 is 5.78 Å². The second-order valence-electron chi connectivity index (χ2n) is 3.99. The zero-order valence-electron chi connectivity index (χ0n) is 10.0. The predicted octanol–water partition coefficient (Wildman–Crippen LogP) is 3.40. The molecular formula is C15H13FO2. The van der Waals surface area contributed by atoms with Crippen molar-refractivity contribution in [2.24, 2.45) is 0 Å². The normalized spacial score (nSPS) is 10.1. The van der Waals surface area contributed by atoms with E-state index in [0.717, 1.165) is 5.56 Å². The average molecular weight is 244 g/mol. The zero-order chi connectivity index (χ0) is 13.0. The number of benzene rings is 2. The van der Waals surface area contributed by atoms with Crippen molar-refractivity contribution in [3.05, 3.63) is 65.5 Å². The van der Waals surface area contributed by atoms with Gasteiger partial charge in [-0.2, -0.15) is 0 Å². The Labute approximate surface area is 105 Å². The fourth-order valence-electron chi connectivity index (χ4n) is 1.61. The first-order valence-electron chi connectivity index (χ1n) is 5.64. The lowest BCUT2D eigenvalue weighted by atomic mass is 10.1. The van der Waals surface area contributed by atoms with Crippen LogP contribution < -0.4 is 4.74 Å². The molecule has 0 aliphatic heterocycles. The summed E-state index contributed by atoms with van der Waals surface area (Å²) in [7, 11) is 0. The van der Waals surface area contributed by atoms with Crippen LogP contribution in [-0.4, -0.2) is 12.4 Å². The second-order valence-corrected chi connectivity index (χ2v) is 3.99. The minimum Gasteiger partial charge on any atom is -0.485 e. The van der Waals surface area contributed by atoms with Gasteiger partial charge in [0.05, 0.1) is 0 Å². The third-order valence-electron chi connectivity index (χ3n) is 2.60. The molecule has 0 heterocycles. The van der Waals surface area contributed by atoms with Crippen LogP contribution in [0.1, 0.15) is 15.9 Å². The van der Waals surface area contributed by atoms with E-state index in [4.69, 9.17) is 4.74 Å². The van der Waals surface area contributed by atoms with Gasteiger partial charge in [0, 0.05) is 5.56 Å². The highest BCUT2D eigenvalue weighted by Crippen LogP contribution is 2.16. The summed E-state index contributed by atoms with van der Waals surface area (Å²) in [6, 6.07) is 13.0. The quantitative estimate of drug-likeness (QED) is 0.770. The molecule has 0 saturated carbocycles. The van der Waals surface area contributed by atoms with Crippen LogP contribution in [0.15, 0.2) is 48.5 Å². The van der Waals surface area contributed by atoms with E-state index in [9.17, 15) is 9.18 Å². The van der Waals surface area contributed by atoms with Crippen molar-refractivity contribution in [2.75, 3.05) is 6.61 Å². The number of rotatable bonds is 4. The summed E-state index contributed by atoms with van der Waals surface area (Å²) >= 11 is 0. The number of hydrogen-bond acceptors (Lipinski definition) is 2. The van der Waals surface area contributed by atoms with Crippen LogP contribution in [0.2, 0.25) is 0 Å². The number of ketones is 1. The van der Waals surface area contributed by atoms with Crippen molar-refractivity contribution in [3.8, 4) is 5.75 Å². The molecule has 0 unspecified atom stereocenters. The van der Waals surface area contributed by atoms with Crippen LogP contribution in [0, 0.1) is 12.7 Å². The molecule has 0 bridgehead atoms. The smallest absolute Gasteiger partial charge is 0.200 e. The lowest BCUT2D eigenvalue weighted by Crippen LogP contribution is -2.12. The molecule has 0 radical (unpaired) electrons. The number of aryl methyl sites for hydroxylation is 1. The molecule has 0 aromatic heterocycles. The lowest BCUT2D eigenvalue weighted by Gasteiger charge is -2.08. The second kappa shape index (κ2) is 5.45. The molecule has 0 saturated heterocycles. The monoisotopic (exact) mass is 244 g/mol. The Kier molecular flexibility index (Phi) is 3.72. The third kappa shape index (κ3) is 2.94. The summed E-state index contributed by atoms with van der Waals surface area (Å²) in [5.74, 6) is 0.0109. The number of para-hydroxylation sites is 1. The maximum Gasteiger partial charge on any atom is 0.200 e. The van der Waals surface area contributed by atoms with Crippen LogP contribution in [0.4, 0.5) is 4.39 Å². The Balaban J connectivity index is 2.03. The van der Waals surface area contributed by atoms with Gasteiger partial charge in [-0.3, -0.25) is 4.79 Å². The molecular weight excluding hydrogens is 231 g/mol. The van der Waals surface area contributed by atoms with E-state index in [0.29, 0.717) is 11.3 Å². The fourth-order valence-corrected chi connectivity index (χ4v) is 1.61. The number of carbonyl (C=O) groups excluding carboxylic acids is 1. The molecule has 2 aromatic rings. The number of Topliss-reactive ketones (excluding diaryl/α,β-unsaturated/α-hetero) is 1. The van der Waals surface area contributed by atoms with E-state index in [1.165, 1.54) is 18.2 Å². The molecule has 92 valence electrons. The lowest BCUT2D eigenvalue weighted by molar-refractivity contribution is 0.0920. The van der Waals surface area contributed by atoms with Crippen LogP contribution in [0.5, 0.6) is 5.75 Å². The Bertz CT molecular complexity index is 564. The Morgan fingerprint density at radius 2 is 1.94 bits per heavy atom. The molecule has 0 N–H and O–H groups in total. The van der Waals surface area contributed by atoms with Crippen LogP contribution in [0.3, 0.4) is 0 Å². The van der Waals surface area contributed by atoms with E-state index in [1.54, 1.807) is 12.1 Å². The van der Waals surface area contributed by atoms with Gasteiger partial charge in [-0.1, -0.05) is 30.3 Å². The van der Waals surface area contributed by atoms with Gasteiger partial charge in [0.15, 0.2) is 12.4 Å². The van der Waals surface area contributed by atoms with Gasteiger partial charge >= 0.3 is 0 Å². The molecule has 0 fully saturated rings. The molecule has 0 aliphatic carbocycles. The van der Waals surface area contributed by atoms with Gasteiger partial charge in [-0.25, -0.2) is 4.39 Å². The summed E-state index contributed by atoms with van der Waals surface area (Å²) in [4.78, 5) is 11.8. The number of hydrogen-bond donors (Lipinski definition) is 0. The van der Waals surface area contributed by atoms with Crippen LogP contribution in [0.25, 0.3) is 0 Å². The SMILES string of the molecule is Cc1ccccc1OCC(=O)c1cccc(F)c1. The summed E-state index contributed by atoms with van der Waals surface area (Å²) in [5, 5.41) is 0. The van der Waals surface area contributed by atoms with E-state index < -0.39 is 5.82 Å². The maximum atomic E-state index is 13.0. The Hall–Kier alpha value is -2.16. The van der Waals surface area contributed by atoms with Crippen molar-refractivity contribution in [1.29, 1.82) is 0 Å². The summed E-state index contributed by atoms with van der Waals surface area (Å²) in [6.45, 7) is 1.82. The van der Waals surface area contributed by atoms with Crippen LogP contribution >= 0.6 is 0 Å². The van der Waals surface area contributed by atoms with Crippen molar-refractivity contribution in [2.45, 2.75) is 6.92 Å². The molecule has 3 heteroatoms. The number of carbonyl (C=O) groups is 1. The molecule has 2 nitrogen and oxygen atoms in total. The maximum absolute atomic E-state index is 13.0. The molecule has 0 spiro atoms. The average Bonchev–Trinajstić information content (AvgIpc) is 2.37. The Morgan fingerprint density at radius 3 is 2.67 bits per heavy atom. The predicted molar refractivity (Wildman–Crippen MR) is 67.4 cm³/mol. The van der Waals surface area contributed by atoms with E-state index in [1.807, 2.05) is 25.1 Å². The standard InChI is InChI=1S/C15H13FO2/c1-11-5-2-3-8-15(11)18-10-14(17)12-6-4-7-13(16)9-12/h2-9H,10H2,1H3. The van der Waals surface area contributed by atoms with Crippen LogP contribution in [-0.2, 0) is 0 Å². The third-order valence-corrected chi connectivity index (χ3v) is 2.60. The minimum absolute atomic E-state index is 0.0890. The first kappa shape index (κ1) is 12.3. The fraction of sp³-hybridized carbons (Fsp3) is 0.133. The largest absolute Gasteiger partial charge is 0.485 e. The summed E-state index contributed by atoms with van der Waals surface area (Å²) in [6.07, 6.45) is 0. The Morgan fingerprint density at radius 1 is 1.17 bits per heavy atom. The van der Waals surface area contributed by atoms with Crippen molar-refractivity contribution in [3.63, 3.8) is 0 Å². The first-order chi connectivity index (χ1) is 8.66. The van der Waals surface area contributed by atoms with Gasteiger partial charge in [-0.15, -0.1) is 0 Å². The molecule has 0 amide bonds. The minimum atomic E-state index is -0.420. The molecule has 2 aromatic carbocycles. The first-order valence-corrected chi connectivity index (χ1v) is 5.64. The summed E-state index contributed by atoms with van der Waals surface area (Å²) < 4.78 is 18.4. The highest BCUT2D eigenvalue weighted by Gasteiger charge is 2.08. The van der Waals surface area contributed by atoms with Crippen molar-refractivity contribution in [1.82, 2.24) is 0 Å². The molecule has 0 atom stereocenters. The van der Waals surface area contributed by atoms with Gasteiger partial charge in [-0.05, 0) is 30.7 Å². The number of ether oxygens (including phenoxy) is 1.